The van der Waals surface area contributed by atoms with Crippen molar-refractivity contribution in [1.82, 2.24) is 0 Å². The number of aliphatic carboxylic acids is 7. The Balaban J connectivity index is 4.53. The van der Waals surface area contributed by atoms with Gasteiger partial charge < -0.3 is 35.7 Å². The maximum absolute atomic E-state index is 12.1. The first-order chi connectivity index (χ1) is 12.7. The molecular weight excluding hydrogens is 392 g/mol. The van der Waals surface area contributed by atoms with Crippen molar-refractivity contribution >= 4 is 41.8 Å². The molecule has 0 bridgehead atoms. The zero-order chi connectivity index (χ0) is 22.2. The van der Waals surface area contributed by atoms with Gasteiger partial charge in [-0.05, 0) is 12.8 Å². The summed E-state index contributed by atoms with van der Waals surface area (Å²) in [5.41, 5.74) is -13.0. The van der Waals surface area contributed by atoms with Crippen molar-refractivity contribution in [2.75, 3.05) is 0 Å². The Morgan fingerprint density at radius 1 is 0.607 bits per heavy atom. The van der Waals surface area contributed by atoms with Crippen molar-refractivity contribution in [3.63, 3.8) is 0 Å². The van der Waals surface area contributed by atoms with Crippen LogP contribution in [0.3, 0.4) is 0 Å². The highest BCUT2D eigenvalue weighted by atomic mass is 16.4. The van der Waals surface area contributed by atoms with Crippen molar-refractivity contribution in [2.24, 2.45) is 22.2 Å². The molecule has 1 aliphatic carbocycles. The Morgan fingerprint density at radius 3 is 1.25 bits per heavy atom. The minimum absolute atomic E-state index is 0.791. The largest absolute Gasteiger partial charge is 0.481 e. The standard InChI is InChI=1S/C14H14O14/c15-5(16)4-2-1-3-12(6(17)18,7(19)20)14(10(25)26,11(27)28)13(4,8(21)22)9(23)24/h4H,1-3H2,(H,15,16)(H,17,18)(H,19,20)(H,21,22)(H,23,24)(H,25,26)(H,27,28). The second-order valence-corrected chi connectivity index (χ2v) is 6.08. The molecular formula is C14H14O14. The molecule has 1 aliphatic rings. The van der Waals surface area contributed by atoms with E-state index in [2.05, 4.69) is 0 Å². The maximum atomic E-state index is 12.1. The number of carboxylic acid groups (broad SMARTS) is 7. The van der Waals surface area contributed by atoms with Crippen molar-refractivity contribution < 1.29 is 69.3 Å². The summed E-state index contributed by atoms with van der Waals surface area (Å²) < 4.78 is 0. The van der Waals surface area contributed by atoms with Gasteiger partial charge in [0.05, 0.1) is 5.92 Å². The molecule has 1 saturated carbocycles. The van der Waals surface area contributed by atoms with E-state index in [0.717, 1.165) is 0 Å². The topological polar surface area (TPSA) is 261 Å². The van der Waals surface area contributed by atoms with Crippen molar-refractivity contribution in [2.45, 2.75) is 19.3 Å². The van der Waals surface area contributed by atoms with Crippen LogP contribution in [0.1, 0.15) is 19.3 Å². The average molecular weight is 406 g/mol. The summed E-state index contributed by atoms with van der Waals surface area (Å²) in [7, 11) is 0. The van der Waals surface area contributed by atoms with Crippen LogP contribution in [0.2, 0.25) is 0 Å². The summed E-state index contributed by atoms with van der Waals surface area (Å²) in [5.74, 6) is -21.8. The summed E-state index contributed by atoms with van der Waals surface area (Å²) in [6.45, 7) is 0. The van der Waals surface area contributed by atoms with E-state index in [0.29, 0.717) is 0 Å². The lowest BCUT2D eigenvalue weighted by Gasteiger charge is -2.46. The molecule has 7 N–H and O–H groups in total. The molecule has 0 aromatic carbocycles. The normalized spacial score (nSPS) is 22.2. The van der Waals surface area contributed by atoms with E-state index >= 15 is 0 Å². The smallest absolute Gasteiger partial charge is 0.324 e. The average Bonchev–Trinajstić information content (AvgIpc) is 2.67. The minimum Gasteiger partial charge on any atom is -0.481 e. The van der Waals surface area contributed by atoms with Crippen LogP contribution in [-0.2, 0) is 33.6 Å². The number of hydrogen-bond acceptors (Lipinski definition) is 7. The molecule has 0 saturated heterocycles. The Morgan fingerprint density at radius 2 is 1.00 bits per heavy atom. The first kappa shape index (κ1) is 22.3. The third-order valence-electron chi connectivity index (χ3n) is 5.14. The molecule has 14 nitrogen and oxygen atoms in total. The van der Waals surface area contributed by atoms with Crippen LogP contribution in [-0.4, -0.2) is 77.5 Å². The Kier molecular flexibility index (Phi) is 5.41. The van der Waals surface area contributed by atoms with Crippen molar-refractivity contribution in [1.29, 1.82) is 0 Å². The third-order valence-corrected chi connectivity index (χ3v) is 5.14. The van der Waals surface area contributed by atoms with Gasteiger partial charge in [-0.1, -0.05) is 6.42 Å². The van der Waals surface area contributed by atoms with E-state index in [9.17, 15) is 69.3 Å². The highest BCUT2D eigenvalue weighted by molar-refractivity contribution is 6.21. The Labute approximate surface area is 153 Å². The van der Waals surface area contributed by atoms with E-state index in [1.807, 2.05) is 0 Å². The van der Waals surface area contributed by atoms with Crippen molar-refractivity contribution in [3.8, 4) is 0 Å². The summed E-state index contributed by atoms with van der Waals surface area (Å²) >= 11 is 0. The number of carbonyl (C=O) groups is 7. The lowest BCUT2D eigenvalue weighted by atomic mass is 9.46. The van der Waals surface area contributed by atoms with E-state index in [1.165, 1.54) is 0 Å². The molecule has 1 atom stereocenters. The van der Waals surface area contributed by atoms with Crippen LogP contribution in [0.15, 0.2) is 0 Å². The van der Waals surface area contributed by atoms with E-state index < -0.39 is 83.2 Å². The predicted octanol–water partition coefficient (Wildman–Crippen LogP) is -1.66. The second kappa shape index (κ2) is 6.79. The molecule has 0 aromatic heterocycles. The molecule has 0 aliphatic heterocycles. The van der Waals surface area contributed by atoms with Crippen LogP contribution in [0.4, 0.5) is 0 Å². The zero-order valence-electron chi connectivity index (χ0n) is 13.7. The Hall–Kier alpha value is -3.71. The summed E-state index contributed by atoms with van der Waals surface area (Å²) in [6, 6.07) is 0. The molecule has 154 valence electrons. The lowest BCUT2D eigenvalue weighted by molar-refractivity contribution is -0.223. The second-order valence-electron chi connectivity index (χ2n) is 6.08. The van der Waals surface area contributed by atoms with Crippen LogP contribution >= 0.6 is 0 Å². The first-order valence-electron chi connectivity index (χ1n) is 7.33. The SMILES string of the molecule is O=C(O)C1CCCC(C(=O)O)(C(=O)O)C(C(=O)O)(C(=O)O)C1(C(=O)O)C(=O)O. The monoisotopic (exact) mass is 406 g/mol. The highest BCUT2D eigenvalue weighted by Gasteiger charge is 2.87. The highest BCUT2D eigenvalue weighted by Crippen LogP contribution is 2.62. The van der Waals surface area contributed by atoms with Gasteiger partial charge in [0.2, 0.25) is 10.8 Å². The number of rotatable bonds is 7. The van der Waals surface area contributed by atoms with Gasteiger partial charge in [0.15, 0.2) is 5.41 Å². The summed E-state index contributed by atoms with van der Waals surface area (Å²) in [6.07, 6.45) is -3.14. The van der Waals surface area contributed by atoms with Gasteiger partial charge >= 0.3 is 41.8 Å². The molecule has 0 radical (unpaired) electrons. The van der Waals surface area contributed by atoms with Gasteiger partial charge in [-0.2, -0.15) is 0 Å². The van der Waals surface area contributed by atoms with Crippen LogP contribution in [0.25, 0.3) is 0 Å². The number of carboxylic acids is 7. The number of hydrogen-bond donors (Lipinski definition) is 7. The molecule has 1 rings (SSSR count). The fourth-order valence-electron chi connectivity index (χ4n) is 4.01. The van der Waals surface area contributed by atoms with Crippen molar-refractivity contribution in [3.05, 3.63) is 0 Å². The molecule has 0 amide bonds. The molecule has 14 heteroatoms. The third kappa shape index (κ3) is 2.23. The van der Waals surface area contributed by atoms with Gasteiger partial charge in [-0.25, -0.2) is 0 Å². The molecule has 0 aromatic rings. The van der Waals surface area contributed by atoms with Crippen LogP contribution in [0, 0.1) is 22.2 Å². The van der Waals surface area contributed by atoms with E-state index in [4.69, 9.17) is 0 Å². The molecule has 0 spiro atoms. The maximum Gasteiger partial charge on any atom is 0.324 e. The fourth-order valence-corrected chi connectivity index (χ4v) is 4.01. The Bertz CT molecular complexity index is 750. The van der Waals surface area contributed by atoms with Crippen LogP contribution in [0.5, 0.6) is 0 Å². The van der Waals surface area contributed by atoms with Gasteiger partial charge in [-0.3, -0.25) is 33.6 Å². The molecule has 1 fully saturated rings. The lowest BCUT2D eigenvalue weighted by Crippen LogP contribution is -2.74. The van der Waals surface area contributed by atoms with E-state index in [1.54, 1.807) is 0 Å². The van der Waals surface area contributed by atoms with Gasteiger partial charge in [-0.15, -0.1) is 0 Å². The van der Waals surface area contributed by atoms with Gasteiger partial charge in [0, 0.05) is 0 Å². The van der Waals surface area contributed by atoms with E-state index in [-0.39, 0.29) is 0 Å². The molecule has 1 unspecified atom stereocenters. The van der Waals surface area contributed by atoms with Gasteiger partial charge in [0.1, 0.15) is 0 Å². The van der Waals surface area contributed by atoms with Crippen LogP contribution < -0.4 is 0 Å². The van der Waals surface area contributed by atoms with Gasteiger partial charge in [0.25, 0.3) is 0 Å². The zero-order valence-corrected chi connectivity index (χ0v) is 13.7. The molecule has 0 heterocycles. The quantitative estimate of drug-likeness (QED) is 0.184. The minimum atomic E-state index is -4.62. The fraction of sp³-hybridized carbons (Fsp3) is 0.500. The molecule has 28 heavy (non-hydrogen) atoms. The first-order valence-corrected chi connectivity index (χ1v) is 7.33. The summed E-state index contributed by atoms with van der Waals surface area (Å²) in [4.78, 5) is 83.4. The summed E-state index contributed by atoms with van der Waals surface area (Å²) in [5, 5.41) is 66.7. The predicted molar refractivity (Wildman–Crippen MR) is 78.1 cm³/mol.